The van der Waals surface area contributed by atoms with Crippen LogP contribution in [0.3, 0.4) is 0 Å². The number of hydrogen-bond donors (Lipinski definition) is 1. The maximum atomic E-state index is 13.6. The zero-order chi connectivity index (χ0) is 20.4. The number of likely N-dealkylation sites (tertiary alicyclic amines) is 2. The van der Waals surface area contributed by atoms with Crippen molar-refractivity contribution >= 4 is 11.8 Å². The van der Waals surface area contributed by atoms with Gasteiger partial charge in [0.1, 0.15) is 5.82 Å². The van der Waals surface area contributed by atoms with Gasteiger partial charge in [0.2, 0.25) is 5.91 Å². The minimum atomic E-state index is -0.714. The molecule has 2 fully saturated rings. The van der Waals surface area contributed by atoms with E-state index in [0.717, 1.165) is 38.2 Å². The lowest BCUT2D eigenvalue weighted by atomic mass is 10.0. The Morgan fingerprint density at radius 3 is 2.34 bits per heavy atom. The van der Waals surface area contributed by atoms with E-state index in [0.29, 0.717) is 24.9 Å². The number of nitrogens with two attached hydrogens (primary N) is 1. The first-order chi connectivity index (χ1) is 14.0. The van der Waals surface area contributed by atoms with Crippen molar-refractivity contribution in [3.05, 3.63) is 77.5 Å². The Morgan fingerprint density at radius 2 is 1.69 bits per heavy atom. The number of amides is 2. The van der Waals surface area contributed by atoms with Crippen LogP contribution in [0.2, 0.25) is 0 Å². The molecule has 2 saturated heterocycles. The van der Waals surface area contributed by atoms with Crippen molar-refractivity contribution in [2.45, 2.75) is 6.42 Å². The molecule has 2 heterocycles. The van der Waals surface area contributed by atoms with Crippen LogP contribution in [-0.2, 0) is 0 Å². The topological polar surface area (TPSA) is 66.6 Å². The molecule has 0 aliphatic carbocycles. The second-order valence-electron chi connectivity index (χ2n) is 7.95. The summed E-state index contributed by atoms with van der Waals surface area (Å²) in [6, 6.07) is 13.9. The van der Waals surface area contributed by atoms with Crippen LogP contribution < -0.4 is 5.73 Å². The van der Waals surface area contributed by atoms with Crippen molar-refractivity contribution in [2.24, 2.45) is 17.6 Å². The summed E-state index contributed by atoms with van der Waals surface area (Å²) in [4.78, 5) is 28.7. The summed E-state index contributed by atoms with van der Waals surface area (Å²) in [5, 5.41) is 0. The fourth-order valence-electron chi connectivity index (χ4n) is 4.52. The van der Waals surface area contributed by atoms with E-state index in [4.69, 9.17) is 5.73 Å². The van der Waals surface area contributed by atoms with Gasteiger partial charge in [-0.15, -0.1) is 0 Å². The summed E-state index contributed by atoms with van der Waals surface area (Å²) in [6.45, 7) is 4.20. The number of benzene rings is 2. The van der Waals surface area contributed by atoms with Gasteiger partial charge >= 0.3 is 0 Å². The fourth-order valence-corrected chi connectivity index (χ4v) is 4.52. The molecule has 0 bridgehead atoms. The van der Waals surface area contributed by atoms with Crippen LogP contribution in [0.1, 0.15) is 32.7 Å². The zero-order valence-electron chi connectivity index (χ0n) is 16.3. The van der Waals surface area contributed by atoms with E-state index in [-0.39, 0.29) is 17.0 Å². The predicted octanol–water partition coefficient (Wildman–Crippen LogP) is 2.57. The van der Waals surface area contributed by atoms with Crippen molar-refractivity contribution < 1.29 is 14.0 Å². The largest absolute Gasteiger partial charge is 0.366 e. The van der Waals surface area contributed by atoms with Crippen molar-refractivity contribution in [1.29, 1.82) is 0 Å². The summed E-state index contributed by atoms with van der Waals surface area (Å²) >= 11 is 0. The van der Waals surface area contributed by atoms with Crippen molar-refractivity contribution in [3.63, 3.8) is 0 Å². The molecule has 2 aliphatic rings. The van der Waals surface area contributed by atoms with Gasteiger partial charge in [0.15, 0.2) is 0 Å². The highest BCUT2D eigenvalue weighted by Gasteiger charge is 2.41. The third-order valence-electron chi connectivity index (χ3n) is 5.95. The van der Waals surface area contributed by atoms with E-state index in [1.807, 2.05) is 18.2 Å². The first-order valence-electron chi connectivity index (χ1n) is 10.0. The normalized spacial score (nSPS) is 21.3. The van der Waals surface area contributed by atoms with Gasteiger partial charge in [0.25, 0.3) is 5.91 Å². The van der Waals surface area contributed by atoms with Crippen molar-refractivity contribution in [2.75, 3.05) is 32.7 Å². The number of carbonyl (C=O) groups is 2. The molecule has 0 spiro atoms. The second-order valence-corrected chi connectivity index (χ2v) is 7.95. The van der Waals surface area contributed by atoms with Gasteiger partial charge in [-0.2, -0.15) is 0 Å². The van der Waals surface area contributed by atoms with E-state index >= 15 is 0 Å². The number of rotatable bonds is 6. The Kier molecular flexibility index (Phi) is 5.62. The highest BCUT2D eigenvalue weighted by atomic mass is 19.1. The standard InChI is InChI=1S/C23H25FN3O2/c24-19-8-9-20(22(25)28)21(11-19)23(29)27-14-17-12-26(13-18(17)15-27)10-4-7-16-5-2-1-3-6-16/h1-3,5-9,11,17-18H,4,10,12-15H2,(H2,25,28)/t17-,18?/m0/s1. The number of carbonyl (C=O) groups excluding carboxylic acids is 2. The molecule has 2 N–H and O–H groups in total. The quantitative estimate of drug-likeness (QED) is 0.819. The highest BCUT2D eigenvalue weighted by molar-refractivity contribution is 6.06. The molecule has 2 aromatic rings. The lowest BCUT2D eigenvalue weighted by molar-refractivity contribution is 0.0768. The molecule has 2 aromatic carbocycles. The van der Waals surface area contributed by atoms with Crippen LogP contribution in [0.5, 0.6) is 0 Å². The highest BCUT2D eigenvalue weighted by Crippen LogP contribution is 2.32. The zero-order valence-corrected chi connectivity index (χ0v) is 16.3. The number of halogens is 1. The molecule has 2 aliphatic heterocycles. The molecule has 29 heavy (non-hydrogen) atoms. The number of nitrogens with zero attached hydrogens (tertiary/aromatic N) is 2. The van der Waals surface area contributed by atoms with E-state index in [2.05, 4.69) is 23.5 Å². The third-order valence-corrected chi connectivity index (χ3v) is 5.95. The average molecular weight is 394 g/mol. The number of primary amides is 1. The maximum Gasteiger partial charge on any atom is 0.254 e. The van der Waals surface area contributed by atoms with Gasteiger partial charge in [-0.3, -0.25) is 9.59 Å². The summed E-state index contributed by atoms with van der Waals surface area (Å²) in [5.41, 5.74) is 6.74. The Bertz CT molecular complexity index is 888. The molecule has 6 heteroatoms. The lowest BCUT2D eigenvalue weighted by Gasteiger charge is -2.22. The van der Waals surface area contributed by atoms with Gasteiger partial charge in [0.05, 0.1) is 11.1 Å². The predicted molar refractivity (Wildman–Crippen MR) is 109 cm³/mol. The van der Waals surface area contributed by atoms with Crippen molar-refractivity contribution in [1.82, 2.24) is 9.80 Å². The van der Waals surface area contributed by atoms with Gasteiger partial charge in [0, 0.05) is 26.2 Å². The van der Waals surface area contributed by atoms with Crippen molar-refractivity contribution in [3.8, 4) is 0 Å². The molecule has 0 saturated carbocycles. The smallest absolute Gasteiger partial charge is 0.254 e. The maximum absolute atomic E-state index is 13.6. The third kappa shape index (κ3) is 4.32. The molecular weight excluding hydrogens is 369 g/mol. The van der Waals surface area contributed by atoms with Crippen LogP contribution in [0.4, 0.5) is 4.39 Å². The molecule has 1 radical (unpaired) electrons. The summed E-state index contributed by atoms with van der Waals surface area (Å²) in [7, 11) is 0. The minimum Gasteiger partial charge on any atom is -0.366 e. The molecule has 1 unspecified atom stereocenters. The lowest BCUT2D eigenvalue weighted by Crippen LogP contribution is -2.34. The Hall–Kier alpha value is -2.73. The summed E-state index contributed by atoms with van der Waals surface area (Å²) in [5.74, 6) is -0.730. The Balaban J connectivity index is 1.32. The molecule has 2 amide bonds. The Labute approximate surface area is 170 Å². The van der Waals surface area contributed by atoms with Crippen LogP contribution >= 0.6 is 0 Å². The van der Waals surface area contributed by atoms with Crippen LogP contribution in [0, 0.1) is 24.1 Å². The van der Waals surface area contributed by atoms with Gasteiger partial charge in [-0.1, -0.05) is 30.3 Å². The molecule has 2 atom stereocenters. The van der Waals surface area contributed by atoms with Gasteiger partial charge in [-0.25, -0.2) is 4.39 Å². The second kappa shape index (κ2) is 8.33. The van der Waals surface area contributed by atoms with Crippen LogP contribution in [0.15, 0.2) is 48.5 Å². The Morgan fingerprint density at radius 1 is 1.00 bits per heavy atom. The summed E-state index contributed by atoms with van der Waals surface area (Å²) < 4.78 is 13.6. The van der Waals surface area contributed by atoms with Gasteiger partial charge < -0.3 is 15.5 Å². The first-order valence-corrected chi connectivity index (χ1v) is 10.0. The molecule has 0 aromatic heterocycles. The molecular formula is C23H25FN3O2. The van der Waals surface area contributed by atoms with E-state index in [1.165, 1.54) is 11.6 Å². The van der Waals surface area contributed by atoms with Crippen LogP contribution in [0.25, 0.3) is 0 Å². The number of fused-ring (bicyclic) bond motifs is 1. The van der Waals surface area contributed by atoms with E-state index in [1.54, 1.807) is 4.90 Å². The minimum absolute atomic E-state index is 0.0618. The van der Waals surface area contributed by atoms with E-state index in [9.17, 15) is 14.0 Å². The molecule has 4 rings (SSSR count). The first kappa shape index (κ1) is 19.6. The van der Waals surface area contributed by atoms with Gasteiger partial charge in [-0.05, 0) is 55.0 Å². The fraction of sp³-hybridized carbons (Fsp3) is 0.348. The average Bonchev–Trinajstić information content (AvgIpc) is 3.27. The summed E-state index contributed by atoms with van der Waals surface area (Å²) in [6.07, 6.45) is 3.25. The number of hydrogen-bond acceptors (Lipinski definition) is 3. The monoisotopic (exact) mass is 394 g/mol. The van der Waals surface area contributed by atoms with Crippen LogP contribution in [-0.4, -0.2) is 54.3 Å². The molecule has 5 nitrogen and oxygen atoms in total. The van der Waals surface area contributed by atoms with E-state index < -0.39 is 11.7 Å². The SMILES string of the molecule is NC(=O)c1ccc(F)cc1C(=O)N1CC2CN(CC[CH]c3ccccc3)C[C@H]2C1. The molecule has 151 valence electrons.